The molecule has 0 atom stereocenters. The van der Waals surface area contributed by atoms with Crippen molar-refractivity contribution in [3.05, 3.63) is 96.6 Å². The lowest BCUT2D eigenvalue weighted by Gasteiger charge is -2.08. The Hall–Kier alpha value is -3.56. The molecule has 174 valence electrons. The lowest BCUT2D eigenvalue weighted by atomic mass is 10.1. The van der Waals surface area contributed by atoms with Gasteiger partial charge in [0.15, 0.2) is 3.95 Å². The molecule has 2 heterocycles. The summed E-state index contributed by atoms with van der Waals surface area (Å²) in [4.78, 5) is 39.1. The molecule has 4 aromatic rings. The number of aromatic nitrogens is 3. The summed E-state index contributed by atoms with van der Waals surface area (Å²) in [5.74, 6) is -0.361. The number of amides is 1. The molecule has 0 spiro atoms. The predicted molar refractivity (Wildman–Crippen MR) is 139 cm³/mol. The van der Waals surface area contributed by atoms with Gasteiger partial charge in [-0.3, -0.25) is 23.6 Å². The first-order valence-corrected chi connectivity index (χ1v) is 11.9. The van der Waals surface area contributed by atoms with Gasteiger partial charge in [0, 0.05) is 31.0 Å². The summed E-state index contributed by atoms with van der Waals surface area (Å²) < 4.78 is 5.02. The minimum Gasteiger partial charge on any atom is -0.320 e. The van der Waals surface area contributed by atoms with Crippen molar-refractivity contribution in [2.45, 2.75) is 26.8 Å². The van der Waals surface area contributed by atoms with Crippen molar-refractivity contribution < 1.29 is 4.79 Å². The van der Waals surface area contributed by atoms with E-state index in [0.717, 1.165) is 16.0 Å². The second-order valence-electron chi connectivity index (χ2n) is 7.97. The Morgan fingerprint density at radius 2 is 1.71 bits per heavy atom. The van der Waals surface area contributed by atoms with Crippen molar-refractivity contribution >= 4 is 35.1 Å². The SMILES string of the molecule is Cc1ccc(-c2cc(=O)n(CCC(=O)Nc3c(C)n(C)n(-c4ccccc4)c3=O)c(=S)s2)cc1. The van der Waals surface area contributed by atoms with E-state index in [0.29, 0.717) is 15.3 Å². The van der Waals surface area contributed by atoms with Crippen LogP contribution < -0.4 is 16.4 Å². The third kappa shape index (κ3) is 4.71. The highest BCUT2D eigenvalue weighted by Crippen LogP contribution is 2.23. The van der Waals surface area contributed by atoms with Crippen LogP contribution in [0.2, 0.25) is 0 Å². The number of aryl methyl sites for hydroxylation is 1. The molecule has 1 amide bonds. The molecule has 0 saturated heterocycles. The molecule has 2 aromatic heterocycles. The lowest BCUT2D eigenvalue weighted by molar-refractivity contribution is -0.116. The number of anilines is 1. The van der Waals surface area contributed by atoms with Crippen LogP contribution in [0.3, 0.4) is 0 Å². The van der Waals surface area contributed by atoms with E-state index in [9.17, 15) is 14.4 Å². The van der Waals surface area contributed by atoms with E-state index in [1.807, 2.05) is 61.5 Å². The third-order valence-corrected chi connectivity index (χ3v) is 7.09. The smallest absolute Gasteiger partial charge is 0.295 e. The summed E-state index contributed by atoms with van der Waals surface area (Å²) in [5, 5.41) is 2.72. The molecular formula is C25H24N4O3S2. The van der Waals surface area contributed by atoms with Crippen LogP contribution in [0, 0.1) is 17.8 Å². The monoisotopic (exact) mass is 492 g/mol. The van der Waals surface area contributed by atoms with Crippen molar-refractivity contribution in [1.82, 2.24) is 13.9 Å². The zero-order valence-electron chi connectivity index (χ0n) is 19.1. The second kappa shape index (κ2) is 9.74. The van der Waals surface area contributed by atoms with Gasteiger partial charge in [0.2, 0.25) is 5.91 Å². The fourth-order valence-electron chi connectivity index (χ4n) is 3.65. The molecule has 0 aliphatic heterocycles. The number of benzene rings is 2. The van der Waals surface area contributed by atoms with Crippen LogP contribution >= 0.6 is 23.6 Å². The highest BCUT2D eigenvalue weighted by molar-refractivity contribution is 7.73. The molecular weight excluding hydrogens is 468 g/mol. The standard InChI is InChI=1S/C25H24N4O3S2/c1-16-9-11-18(12-10-16)20-15-22(31)28(25(33)34-20)14-13-21(30)26-23-17(2)27(3)29(24(23)32)19-7-5-4-6-8-19/h4-12,15H,13-14H2,1-3H3,(H,26,30). The number of hydrogen-bond acceptors (Lipinski definition) is 5. The molecule has 0 radical (unpaired) electrons. The van der Waals surface area contributed by atoms with Crippen molar-refractivity contribution in [2.75, 3.05) is 5.32 Å². The zero-order chi connectivity index (χ0) is 24.4. The van der Waals surface area contributed by atoms with Crippen LogP contribution in [0.4, 0.5) is 5.69 Å². The summed E-state index contributed by atoms with van der Waals surface area (Å²) >= 11 is 6.77. The van der Waals surface area contributed by atoms with Crippen molar-refractivity contribution in [3.8, 4) is 16.1 Å². The number of nitrogens with zero attached hydrogens (tertiary/aromatic N) is 3. The van der Waals surface area contributed by atoms with Crippen LogP contribution in [0.1, 0.15) is 17.7 Å². The fourth-order valence-corrected chi connectivity index (χ4v) is 4.99. The van der Waals surface area contributed by atoms with Gasteiger partial charge in [-0.1, -0.05) is 48.0 Å². The van der Waals surface area contributed by atoms with E-state index < -0.39 is 0 Å². The maximum Gasteiger partial charge on any atom is 0.295 e. The maximum absolute atomic E-state index is 13.0. The van der Waals surface area contributed by atoms with Crippen LogP contribution in [-0.4, -0.2) is 19.8 Å². The molecule has 0 aliphatic carbocycles. The van der Waals surface area contributed by atoms with Crippen molar-refractivity contribution in [3.63, 3.8) is 0 Å². The van der Waals surface area contributed by atoms with E-state index in [1.54, 1.807) is 24.7 Å². The van der Waals surface area contributed by atoms with Crippen molar-refractivity contribution in [1.29, 1.82) is 0 Å². The zero-order valence-corrected chi connectivity index (χ0v) is 20.7. The van der Waals surface area contributed by atoms with Crippen LogP contribution in [0.5, 0.6) is 0 Å². The number of nitrogens with one attached hydrogen (secondary N) is 1. The quantitative estimate of drug-likeness (QED) is 0.404. The molecule has 0 unspecified atom stereocenters. The molecule has 0 bridgehead atoms. The minimum absolute atomic E-state index is 0.0132. The van der Waals surface area contributed by atoms with Gasteiger partial charge in [0.1, 0.15) is 5.69 Å². The highest BCUT2D eigenvalue weighted by atomic mass is 32.1. The van der Waals surface area contributed by atoms with Gasteiger partial charge >= 0.3 is 0 Å². The van der Waals surface area contributed by atoms with Crippen LogP contribution in [0.25, 0.3) is 16.1 Å². The molecule has 4 rings (SSSR count). The molecule has 0 fully saturated rings. The van der Waals surface area contributed by atoms with Gasteiger partial charge in [0.05, 0.1) is 11.4 Å². The van der Waals surface area contributed by atoms with E-state index >= 15 is 0 Å². The Morgan fingerprint density at radius 1 is 1.03 bits per heavy atom. The number of hydrogen-bond donors (Lipinski definition) is 1. The molecule has 7 nitrogen and oxygen atoms in total. The van der Waals surface area contributed by atoms with Gasteiger partial charge in [0.25, 0.3) is 11.1 Å². The summed E-state index contributed by atoms with van der Waals surface area (Å²) in [6.07, 6.45) is 0.0132. The Morgan fingerprint density at radius 3 is 2.35 bits per heavy atom. The third-order valence-electron chi connectivity index (χ3n) is 5.66. The number of carbonyl (C=O) groups excluding carboxylic acids is 1. The van der Waals surface area contributed by atoms with Crippen LogP contribution in [0.15, 0.2) is 70.3 Å². The Labute approximate surface area is 205 Å². The fraction of sp³-hybridized carbons (Fsp3) is 0.200. The molecule has 34 heavy (non-hydrogen) atoms. The maximum atomic E-state index is 13.0. The lowest BCUT2D eigenvalue weighted by Crippen LogP contribution is -2.25. The first kappa shape index (κ1) is 23.6. The van der Waals surface area contributed by atoms with Gasteiger partial charge in [-0.05, 0) is 43.8 Å². The van der Waals surface area contributed by atoms with E-state index in [2.05, 4.69) is 5.32 Å². The van der Waals surface area contributed by atoms with E-state index in [4.69, 9.17) is 12.2 Å². The topological polar surface area (TPSA) is 78.0 Å². The average Bonchev–Trinajstić information content (AvgIpc) is 3.02. The molecule has 9 heteroatoms. The van der Waals surface area contributed by atoms with E-state index in [-0.39, 0.29) is 35.7 Å². The predicted octanol–water partition coefficient (Wildman–Crippen LogP) is 4.44. The van der Waals surface area contributed by atoms with E-state index in [1.165, 1.54) is 20.6 Å². The molecule has 0 saturated carbocycles. The Kier molecular flexibility index (Phi) is 6.76. The summed E-state index contributed by atoms with van der Waals surface area (Å²) in [6.45, 7) is 3.91. The van der Waals surface area contributed by atoms with Gasteiger partial charge < -0.3 is 5.32 Å². The molecule has 0 aliphatic rings. The minimum atomic E-state index is -0.361. The Bertz CT molecular complexity index is 1500. The van der Waals surface area contributed by atoms with Crippen LogP contribution in [-0.2, 0) is 18.4 Å². The Balaban J connectivity index is 1.51. The average molecular weight is 493 g/mol. The largest absolute Gasteiger partial charge is 0.320 e. The normalized spacial score (nSPS) is 10.9. The summed E-state index contributed by atoms with van der Waals surface area (Å²) in [5.41, 5.74) is 3.05. The van der Waals surface area contributed by atoms with Gasteiger partial charge in [-0.15, -0.1) is 11.3 Å². The first-order valence-electron chi connectivity index (χ1n) is 10.7. The number of rotatable bonds is 6. The summed E-state index contributed by atoms with van der Waals surface area (Å²) in [7, 11) is 1.76. The van der Waals surface area contributed by atoms with Crippen molar-refractivity contribution in [2.24, 2.45) is 7.05 Å². The van der Waals surface area contributed by atoms with Gasteiger partial charge in [-0.25, -0.2) is 4.68 Å². The highest BCUT2D eigenvalue weighted by Gasteiger charge is 2.18. The second-order valence-corrected chi connectivity index (χ2v) is 9.64. The number of carbonyl (C=O) groups is 1. The molecule has 1 N–H and O–H groups in total. The summed E-state index contributed by atoms with van der Waals surface area (Å²) in [6, 6.07) is 18.6. The molecule has 2 aromatic carbocycles. The number of para-hydroxylation sites is 1. The first-order chi connectivity index (χ1) is 16.3. The van der Waals surface area contributed by atoms with Gasteiger partial charge in [-0.2, -0.15) is 0 Å².